The number of rotatable bonds is 4. The number of hydrogen-bond acceptors (Lipinski definition) is 2. The van der Waals surface area contributed by atoms with Crippen LogP contribution >= 0.6 is 0 Å². The molecule has 0 spiro atoms. The third-order valence-electron chi connectivity index (χ3n) is 3.21. The largest absolute Gasteiger partial charge is 0.489 e. The Balaban J connectivity index is 1.63. The molecule has 1 amide bonds. The molecule has 0 aliphatic carbocycles. The van der Waals surface area contributed by atoms with Crippen molar-refractivity contribution in [1.82, 2.24) is 0 Å². The highest BCUT2D eigenvalue weighted by atomic mass is 16.5. The summed E-state index contributed by atoms with van der Waals surface area (Å²) in [5.74, 6) is 0.833. The third kappa shape index (κ3) is 2.72. The van der Waals surface area contributed by atoms with Gasteiger partial charge in [-0.25, -0.2) is 0 Å². The second kappa shape index (κ2) is 5.61. The lowest BCUT2D eigenvalue weighted by Crippen LogP contribution is -2.24. The molecule has 0 saturated carbocycles. The smallest absolute Gasteiger partial charge is 0.251 e. The molecule has 0 aromatic heterocycles. The molecule has 3 heteroatoms. The number of hydrogen-bond donors (Lipinski definition) is 0. The van der Waals surface area contributed by atoms with E-state index in [2.05, 4.69) is 0 Å². The number of ether oxygens (including phenoxy) is 1. The van der Waals surface area contributed by atoms with Crippen LogP contribution < -0.4 is 9.64 Å². The molecule has 0 N–H and O–H groups in total. The van der Waals surface area contributed by atoms with Gasteiger partial charge < -0.3 is 9.64 Å². The molecule has 0 saturated heterocycles. The van der Waals surface area contributed by atoms with E-state index >= 15 is 0 Å². The van der Waals surface area contributed by atoms with E-state index in [-0.39, 0.29) is 5.91 Å². The molecule has 2 aromatic carbocycles. The molecular formula is C17H15NO2. The summed E-state index contributed by atoms with van der Waals surface area (Å²) in [6.07, 6.45) is 3.46. The minimum absolute atomic E-state index is 0.0305. The van der Waals surface area contributed by atoms with Crippen LogP contribution in [0.4, 0.5) is 5.69 Å². The number of carbonyl (C=O) groups is 1. The number of anilines is 1. The van der Waals surface area contributed by atoms with Crippen LogP contribution in [0.5, 0.6) is 5.75 Å². The molecule has 0 fully saturated rings. The van der Waals surface area contributed by atoms with E-state index in [9.17, 15) is 4.79 Å². The van der Waals surface area contributed by atoms with E-state index in [1.807, 2.05) is 60.7 Å². The predicted octanol–water partition coefficient (Wildman–Crippen LogP) is 3.17. The highest BCUT2D eigenvalue weighted by molar-refractivity contribution is 6.04. The van der Waals surface area contributed by atoms with Gasteiger partial charge in [-0.3, -0.25) is 4.79 Å². The van der Waals surface area contributed by atoms with Gasteiger partial charge in [0.1, 0.15) is 12.4 Å². The normalized spacial score (nSPS) is 13.8. The first kappa shape index (κ1) is 12.5. The summed E-state index contributed by atoms with van der Waals surface area (Å²) in [7, 11) is 0. The number of carbonyl (C=O) groups excluding carboxylic acids is 1. The first-order valence-corrected chi connectivity index (χ1v) is 6.58. The van der Waals surface area contributed by atoms with E-state index in [0.717, 1.165) is 17.0 Å². The third-order valence-corrected chi connectivity index (χ3v) is 3.21. The van der Waals surface area contributed by atoms with E-state index in [1.54, 1.807) is 11.0 Å². The summed E-state index contributed by atoms with van der Waals surface area (Å²) in [5, 5.41) is 0. The highest BCUT2D eigenvalue weighted by Gasteiger charge is 2.16. The van der Waals surface area contributed by atoms with Gasteiger partial charge in [0.25, 0.3) is 5.91 Å². The van der Waals surface area contributed by atoms with Gasteiger partial charge in [0.05, 0.1) is 0 Å². The van der Waals surface area contributed by atoms with Gasteiger partial charge in [0.15, 0.2) is 0 Å². The summed E-state index contributed by atoms with van der Waals surface area (Å²) in [5.41, 5.74) is 2.03. The average Bonchev–Trinajstić information content (AvgIpc) is 2.93. The second-order valence-electron chi connectivity index (χ2n) is 4.62. The minimum atomic E-state index is 0.0305. The van der Waals surface area contributed by atoms with Gasteiger partial charge in [-0.05, 0) is 29.8 Å². The first-order valence-electron chi connectivity index (χ1n) is 6.58. The molecule has 3 nitrogen and oxygen atoms in total. The molecule has 1 aliphatic heterocycles. The fraction of sp³-hybridized carbons (Fsp3) is 0.118. The summed E-state index contributed by atoms with van der Waals surface area (Å²) in [4.78, 5) is 13.3. The Hall–Kier alpha value is -2.55. The van der Waals surface area contributed by atoms with Crippen LogP contribution in [0.25, 0.3) is 0 Å². The van der Waals surface area contributed by atoms with Crippen molar-refractivity contribution < 1.29 is 9.53 Å². The average molecular weight is 265 g/mol. The maximum atomic E-state index is 11.6. The lowest BCUT2D eigenvalue weighted by Gasteiger charge is -2.16. The van der Waals surface area contributed by atoms with Crippen molar-refractivity contribution in [2.75, 3.05) is 11.4 Å². The van der Waals surface area contributed by atoms with Crippen molar-refractivity contribution in [3.8, 4) is 5.75 Å². The van der Waals surface area contributed by atoms with Gasteiger partial charge >= 0.3 is 0 Å². The standard InChI is InChI=1S/C17H15NO2/c19-17-7-4-12-18(17)15-8-10-16(11-9-15)20-13-14-5-2-1-3-6-14/h1-11H,12-13H2. The van der Waals surface area contributed by atoms with Crippen LogP contribution in [0.3, 0.4) is 0 Å². The zero-order valence-electron chi connectivity index (χ0n) is 11.0. The van der Waals surface area contributed by atoms with Crippen LogP contribution in [0.1, 0.15) is 5.56 Å². The Bertz CT molecular complexity index is 617. The van der Waals surface area contributed by atoms with E-state index < -0.39 is 0 Å². The van der Waals surface area contributed by atoms with Crippen molar-refractivity contribution >= 4 is 11.6 Å². The maximum absolute atomic E-state index is 11.6. The van der Waals surface area contributed by atoms with E-state index in [0.29, 0.717) is 13.2 Å². The Kier molecular flexibility index (Phi) is 3.50. The molecule has 20 heavy (non-hydrogen) atoms. The minimum Gasteiger partial charge on any atom is -0.489 e. The molecule has 2 aromatic rings. The summed E-state index contributed by atoms with van der Waals surface area (Å²) < 4.78 is 5.72. The van der Waals surface area contributed by atoms with Gasteiger partial charge in [-0.15, -0.1) is 0 Å². The zero-order chi connectivity index (χ0) is 13.8. The predicted molar refractivity (Wildman–Crippen MR) is 78.7 cm³/mol. The Morgan fingerprint density at radius 2 is 1.75 bits per heavy atom. The summed E-state index contributed by atoms with van der Waals surface area (Å²) in [6, 6.07) is 17.6. The van der Waals surface area contributed by atoms with Gasteiger partial charge in [-0.1, -0.05) is 36.4 Å². The maximum Gasteiger partial charge on any atom is 0.251 e. The fourth-order valence-corrected chi connectivity index (χ4v) is 2.13. The number of benzene rings is 2. The van der Waals surface area contributed by atoms with Gasteiger partial charge in [-0.2, -0.15) is 0 Å². The quantitative estimate of drug-likeness (QED) is 0.849. The van der Waals surface area contributed by atoms with Crippen molar-refractivity contribution in [1.29, 1.82) is 0 Å². The molecule has 100 valence electrons. The molecule has 3 rings (SSSR count). The van der Waals surface area contributed by atoms with E-state index in [4.69, 9.17) is 4.74 Å². The molecular weight excluding hydrogens is 250 g/mol. The molecule has 0 radical (unpaired) electrons. The van der Waals surface area contributed by atoms with Crippen molar-refractivity contribution in [3.63, 3.8) is 0 Å². The fourth-order valence-electron chi connectivity index (χ4n) is 2.13. The monoisotopic (exact) mass is 265 g/mol. The summed E-state index contributed by atoms with van der Waals surface area (Å²) in [6.45, 7) is 1.19. The Labute approximate surface area is 118 Å². The molecule has 0 bridgehead atoms. The molecule has 1 heterocycles. The first-order chi connectivity index (χ1) is 9.83. The van der Waals surface area contributed by atoms with Crippen molar-refractivity contribution in [3.05, 3.63) is 72.3 Å². The number of nitrogens with zero attached hydrogens (tertiary/aromatic N) is 1. The van der Waals surface area contributed by atoms with Crippen LogP contribution in [0, 0.1) is 0 Å². The topological polar surface area (TPSA) is 29.5 Å². The zero-order valence-corrected chi connectivity index (χ0v) is 11.0. The molecule has 1 aliphatic rings. The van der Waals surface area contributed by atoms with Crippen molar-refractivity contribution in [2.24, 2.45) is 0 Å². The van der Waals surface area contributed by atoms with Crippen LogP contribution in [-0.4, -0.2) is 12.5 Å². The summed E-state index contributed by atoms with van der Waals surface area (Å²) >= 11 is 0. The molecule has 0 atom stereocenters. The lowest BCUT2D eigenvalue weighted by atomic mass is 10.2. The van der Waals surface area contributed by atoms with E-state index in [1.165, 1.54) is 0 Å². The highest BCUT2D eigenvalue weighted by Crippen LogP contribution is 2.22. The lowest BCUT2D eigenvalue weighted by molar-refractivity contribution is -0.113. The molecule has 0 unspecified atom stereocenters. The number of amides is 1. The van der Waals surface area contributed by atoms with Gasteiger partial charge in [0, 0.05) is 18.3 Å². The Morgan fingerprint density at radius 3 is 2.40 bits per heavy atom. The van der Waals surface area contributed by atoms with Crippen LogP contribution in [0.2, 0.25) is 0 Å². The SMILES string of the molecule is O=C1C=CCN1c1ccc(OCc2ccccc2)cc1. The Morgan fingerprint density at radius 1 is 1.00 bits per heavy atom. The van der Waals surface area contributed by atoms with Crippen LogP contribution in [0.15, 0.2) is 66.7 Å². The van der Waals surface area contributed by atoms with Crippen molar-refractivity contribution in [2.45, 2.75) is 6.61 Å². The van der Waals surface area contributed by atoms with Crippen LogP contribution in [-0.2, 0) is 11.4 Å². The second-order valence-corrected chi connectivity index (χ2v) is 4.62. The van der Waals surface area contributed by atoms with Gasteiger partial charge in [0.2, 0.25) is 0 Å².